The number of rotatable bonds is 3. The summed E-state index contributed by atoms with van der Waals surface area (Å²) in [6, 6.07) is 3.14. The molecular weight excluding hydrogens is 352 g/mol. The Hall–Kier alpha value is -0.690. The van der Waals surface area contributed by atoms with Crippen LogP contribution in [0.25, 0.3) is 0 Å². The molecule has 0 amide bonds. The monoisotopic (exact) mass is 372 g/mol. The minimum atomic E-state index is -4.37. The molecule has 1 saturated heterocycles. The van der Waals surface area contributed by atoms with Crippen molar-refractivity contribution in [2.45, 2.75) is 25.1 Å². The van der Waals surface area contributed by atoms with Crippen LogP contribution in [0.4, 0.5) is 13.2 Å². The molecule has 1 saturated carbocycles. The van der Waals surface area contributed by atoms with Crippen LogP contribution in [0.15, 0.2) is 18.2 Å². The van der Waals surface area contributed by atoms with E-state index >= 15 is 0 Å². The van der Waals surface area contributed by atoms with E-state index in [1.54, 1.807) is 0 Å². The van der Waals surface area contributed by atoms with E-state index in [0.717, 1.165) is 51.2 Å². The normalized spacial score (nSPS) is 20.3. The lowest BCUT2D eigenvalue weighted by molar-refractivity contribution is -0.137. The second-order valence-corrected chi connectivity index (χ2v) is 5.84. The van der Waals surface area contributed by atoms with E-state index < -0.39 is 11.7 Å². The first-order chi connectivity index (χ1) is 9.97. The molecule has 1 atom stereocenters. The summed E-state index contributed by atoms with van der Waals surface area (Å²) in [5.74, 6) is 0.330. The Kier molecular flexibility index (Phi) is 7.01. The molecule has 1 aromatic rings. The van der Waals surface area contributed by atoms with Gasteiger partial charge in [0.25, 0.3) is 0 Å². The predicted molar refractivity (Wildman–Crippen MR) is 87.5 cm³/mol. The Bertz CT molecular complexity index is 518. The average Bonchev–Trinajstić information content (AvgIpc) is 3.26. The van der Waals surface area contributed by atoms with Gasteiger partial charge >= 0.3 is 6.18 Å². The molecule has 0 aromatic heterocycles. The number of alkyl halides is 3. The maximum atomic E-state index is 12.9. The Balaban J connectivity index is 0.00000132. The number of hydrogen-bond acceptors (Lipinski definition) is 3. The molecule has 0 unspecified atom stereocenters. The van der Waals surface area contributed by atoms with Crippen molar-refractivity contribution >= 4 is 24.8 Å². The van der Waals surface area contributed by atoms with Crippen molar-refractivity contribution in [1.29, 1.82) is 0 Å². The quantitative estimate of drug-likeness (QED) is 0.850. The van der Waals surface area contributed by atoms with Crippen molar-refractivity contribution < 1.29 is 18.3 Å². The molecule has 1 aromatic carbocycles. The van der Waals surface area contributed by atoms with E-state index in [-0.39, 0.29) is 36.6 Å². The molecule has 23 heavy (non-hydrogen) atoms. The van der Waals surface area contributed by atoms with Crippen LogP contribution in [0.3, 0.4) is 0 Å². The summed E-state index contributed by atoms with van der Waals surface area (Å²) in [5, 5.41) is 13.3. The van der Waals surface area contributed by atoms with Crippen LogP contribution in [0, 0.1) is 5.92 Å². The number of piperazine rings is 1. The molecule has 2 fully saturated rings. The maximum Gasteiger partial charge on any atom is 0.416 e. The molecule has 3 rings (SSSR count). The highest BCUT2D eigenvalue weighted by Crippen LogP contribution is 2.47. The van der Waals surface area contributed by atoms with Gasteiger partial charge in [-0.1, -0.05) is 0 Å². The third kappa shape index (κ3) is 4.66. The van der Waals surface area contributed by atoms with E-state index in [4.69, 9.17) is 0 Å². The molecule has 132 valence electrons. The lowest BCUT2D eigenvalue weighted by Gasteiger charge is -2.36. The first kappa shape index (κ1) is 20.4. The smallest absolute Gasteiger partial charge is 0.416 e. The molecule has 1 aliphatic heterocycles. The van der Waals surface area contributed by atoms with Crippen LogP contribution in [0.5, 0.6) is 5.75 Å². The van der Waals surface area contributed by atoms with Crippen molar-refractivity contribution in [3.63, 3.8) is 0 Å². The van der Waals surface area contributed by atoms with Gasteiger partial charge < -0.3 is 10.4 Å². The van der Waals surface area contributed by atoms with Crippen LogP contribution >= 0.6 is 24.8 Å². The van der Waals surface area contributed by atoms with E-state index in [2.05, 4.69) is 10.2 Å². The second-order valence-electron chi connectivity index (χ2n) is 5.84. The Labute approximate surface area is 146 Å². The number of hydrogen-bond donors (Lipinski definition) is 2. The summed E-state index contributed by atoms with van der Waals surface area (Å²) >= 11 is 0. The fourth-order valence-corrected chi connectivity index (χ4v) is 3.09. The van der Waals surface area contributed by atoms with Crippen LogP contribution in [0.2, 0.25) is 0 Å². The minimum Gasteiger partial charge on any atom is -0.508 e. The van der Waals surface area contributed by atoms with Crippen molar-refractivity contribution in [2.24, 2.45) is 5.92 Å². The van der Waals surface area contributed by atoms with Gasteiger partial charge in [0, 0.05) is 37.8 Å². The highest BCUT2D eigenvalue weighted by molar-refractivity contribution is 5.85. The molecule has 0 bridgehead atoms. The Morgan fingerprint density at radius 3 is 2.26 bits per heavy atom. The summed E-state index contributed by atoms with van der Waals surface area (Å²) in [7, 11) is 0. The van der Waals surface area contributed by atoms with Gasteiger partial charge in [-0.15, -0.1) is 24.8 Å². The summed E-state index contributed by atoms with van der Waals surface area (Å²) in [6.45, 7) is 3.28. The molecule has 2 aliphatic rings. The number of nitrogens with one attached hydrogen (secondary N) is 1. The lowest BCUT2D eigenvalue weighted by atomic mass is 9.96. The zero-order valence-electron chi connectivity index (χ0n) is 12.5. The molecule has 0 radical (unpaired) electrons. The molecular formula is C15H21Cl2F3N2O. The molecule has 1 heterocycles. The van der Waals surface area contributed by atoms with Gasteiger partial charge in [0.2, 0.25) is 0 Å². The molecule has 1 aliphatic carbocycles. The number of phenolic OH excluding ortho intramolecular Hbond substituents is 1. The maximum absolute atomic E-state index is 12.9. The van der Waals surface area contributed by atoms with E-state index in [1.807, 2.05) is 0 Å². The van der Waals surface area contributed by atoms with Gasteiger partial charge in [-0.05, 0) is 37.0 Å². The van der Waals surface area contributed by atoms with E-state index in [1.165, 1.54) is 6.07 Å². The predicted octanol–water partition coefficient (Wildman–Crippen LogP) is 3.61. The molecule has 2 N–H and O–H groups in total. The lowest BCUT2D eigenvalue weighted by Crippen LogP contribution is -2.45. The third-order valence-electron chi connectivity index (χ3n) is 4.29. The van der Waals surface area contributed by atoms with E-state index in [9.17, 15) is 18.3 Å². The molecule has 8 heteroatoms. The average molecular weight is 373 g/mol. The highest BCUT2D eigenvalue weighted by atomic mass is 35.5. The van der Waals surface area contributed by atoms with Gasteiger partial charge in [0.15, 0.2) is 0 Å². The Morgan fingerprint density at radius 2 is 1.74 bits per heavy atom. The van der Waals surface area contributed by atoms with Gasteiger partial charge in [0.05, 0.1) is 5.56 Å². The van der Waals surface area contributed by atoms with Crippen LogP contribution in [-0.2, 0) is 6.18 Å². The van der Waals surface area contributed by atoms with Gasteiger partial charge in [-0.2, -0.15) is 13.2 Å². The number of aromatic hydroxyl groups is 1. The van der Waals surface area contributed by atoms with Crippen LogP contribution < -0.4 is 5.32 Å². The van der Waals surface area contributed by atoms with Crippen molar-refractivity contribution in [3.8, 4) is 5.75 Å². The Morgan fingerprint density at radius 1 is 1.13 bits per heavy atom. The number of halogens is 5. The third-order valence-corrected chi connectivity index (χ3v) is 4.29. The first-order valence-electron chi connectivity index (χ1n) is 7.31. The SMILES string of the molecule is Cl.Cl.Oc1ccc(C(F)(F)F)cc1[C@@H](C1CC1)N1CCNCC1. The van der Waals surface area contributed by atoms with Gasteiger partial charge in [-0.3, -0.25) is 4.90 Å². The summed E-state index contributed by atoms with van der Waals surface area (Å²) in [4.78, 5) is 2.20. The number of benzene rings is 1. The zero-order chi connectivity index (χ0) is 15.0. The van der Waals surface area contributed by atoms with Crippen LogP contribution in [0.1, 0.15) is 30.0 Å². The van der Waals surface area contributed by atoms with Crippen molar-refractivity contribution in [2.75, 3.05) is 26.2 Å². The first-order valence-corrected chi connectivity index (χ1v) is 7.31. The topological polar surface area (TPSA) is 35.5 Å². The van der Waals surface area contributed by atoms with E-state index in [0.29, 0.717) is 11.5 Å². The van der Waals surface area contributed by atoms with Gasteiger partial charge in [0.1, 0.15) is 5.75 Å². The largest absolute Gasteiger partial charge is 0.508 e. The fraction of sp³-hybridized carbons (Fsp3) is 0.600. The van der Waals surface area contributed by atoms with Crippen molar-refractivity contribution in [1.82, 2.24) is 10.2 Å². The van der Waals surface area contributed by atoms with Crippen LogP contribution in [-0.4, -0.2) is 36.2 Å². The number of nitrogens with zero attached hydrogens (tertiary/aromatic N) is 1. The highest BCUT2D eigenvalue weighted by Gasteiger charge is 2.39. The minimum absolute atomic E-state index is 0. The van der Waals surface area contributed by atoms with Gasteiger partial charge in [-0.25, -0.2) is 0 Å². The summed E-state index contributed by atoms with van der Waals surface area (Å²) in [5.41, 5.74) is -0.259. The second kappa shape index (κ2) is 7.92. The standard InChI is InChI=1S/C15H19F3N2O.2ClH/c16-15(17,18)11-3-4-13(21)12(9-11)14(10-1-2-10)20-7-5-19-6-8-20;;/h3-4,9-10,14,19,21H,1-2,5-8H2;2*1H/t14-;;/m1../s1. The summed E-state index contributed by atoms with van der Waals surface area (Å²) in [6.07, 6.45) is -2.34. The zero-order valence-corrected chi connectivity index (χ0v) is 14.1. The molecule has 3 nitrogen and oxygen atoms in total. The van der Waals surface area contributed by atoms with Crippen molar-refractivity contribution in [3.05, 3.63) is 29.3 Å². The fourth-order valence-electron chi connectivity index (χ4n) is 3.09. The summed E-state index contributed by atoms with van der Waals surface area (Å²) < 4.78 is 38.8. The number of phenols is 1. The molecule has 0 spiro atoms.